The summed E-state index contributed by atoms with van der Waals surface area (Å²) in [5, 5.41) is 11.1. The number of hydrogen-bond donors (Lipinski definition) is 2. The molecule has 0 aliphatic carbocycles. The van der Waals surface area contributed by atoms with E-state index in [1.165, 1.54) is 10.8 Å². The molecule has 2 N–H and O–H groups in total. The molecule has 0 fully saturated rings. The molecule has 0 bridgehead atoms. The molecule has 0 saturated heterocycles. The number of hydroxylamine groups is 1. The Labute approximate surface area is 138 Å². The monoisotopic (exact) mass is 317 g/mol. The molecule has 0 aliphatic heterocycles. The molecular weight excluding hydrogens is 302 g/mol. The van der Waals surface area contributed by atoms with Crippen LogP contribution in [0.5, 0.6) is 0 Å². The SMILES string of the molecule is O=C(NO)c1ccc(Cn2c3ccccc3c3ccccc32)cn1. The van der Waals surface area contributed by atoms with Crippen LogP contribution >= 0.6 is 0 Å². The zero-order valence-electron chi connectivity index (χ0n) is 12.8. The number of carbonyl (C=O) groups is 1. The van der Waals surface area contributed by atoms with Crippen molar-refractivity contribution in [2.24, 2.45) is 0 Å². The van der Waals surface area contributed by atoms with Crippen molar-refractivity contribution in [2.75, 3.05) is 0 Å². The van der Waals surface area contributed by atoms with E-state index < -0.39 is 5.91 Å². The maximum absolute atomic E-state index is 11.4. The second-order valence-corrected chi connectivity index (χ2v) is 5.61. The molecule has 5 heteroatoms. The fourth-order valence-corrected chi connectivity index (χ4v) is 3.07. The first-order valence-electron chi connectivity index (χ1n) is 7.63. The maximum Gasteiger partial charge on any atom is 0.293 e. The Morgan fingerprint density at radius 2 is 1.58 bits per heavy atom. The molecule has 0 aliphatic rings. The number of benzene rings is 2. The van der Waals surface area contributed by atoms with E-state index in [2.05, 4.69) is 33.8 Å². The molecule has 0 radical (unpaired) electrons. The van der Waals surface area contributed by atoms with Crippen molar-refractivity contribution in [2.45, 2.75) is 6.54 Å². The normalized spacial score (nSPS) is 11.0. The molecule has 4 aromatic rings. The van der Waals surface area contributed by atoms with Crippen molar-refractivity contribution >= 4 is 27.7 Å². The minimum Gasteiger partial charge on any atom is -0.336 e. The highest BCUT2D eigenvalue weighted by Crippen LogP contribution is 2.29. The predicted molar refractivity (Wildman–Crippen MR) is 92.0 cm³/mol. The Morgan fingerprint density at radius 3 is 2.12 bits per heavy atom. The number of para-hydroxylation sites is 2. The van der Waals surface area contributed by atoms with Crippen LogP contribution in [-0.2, 0) is 6.54 Å². The number of fused-ring (bicyclic) bond motifs is 3. The van der Waals surface area contributed by atoms with Gasteiger partial charge >= 0.3 is 0 Å². The van der Waals surface area contributed by atoms with Crippen molar-refractivity contribution < 1.29 is 10.0 Å². The van der Waals surface area contributed by atoms with Gasteiger partial charge in [-0.2, -0.15) is 0 Å². The second-order valence-electron chi connectivity index (χ2n) is 5.61. The van der Waals surface area contributed by atoms with E-state index in [9.17, 15) is 4.79 Å². The summed E-state index contributed by atoms with van der Waals surface area (Å²) < 4.78 is 2.24. The van der Waals surface area contributed by atoms with E-state index in [0.29, 0.717) is 6.54 Å². The topological polar surface area (TPSA) is 67.2 Å². The first-order valence-corrected chi connectivity index (χ1v) is 7.63. The summed E-state index contributed by atoms with van der Waals surface area (Å²) in [6.07, 6.45) is 1.66. The molecule has 2 heterocycles. The molecule has 1 amide bonds. The summed E-state index contributed by atoms with van der Waals surface area (Å²) in [4.78, 5) is 15.5. The Hall–Kier alpha value is -3.18. The van der Waals surface area contributed by atoms with E-state index in [-0.39, 0.29) is 5.69 Å². The summed E-state index contributed by atoms with van der Waals surface area (Å²) in [5.41, 5.74) is 5.08. The lowest BCUT2D eigenvalue weighted by atomic mass is 10.2. The van der Waals surface area contributed by atoms with Gasteiger partial charge in [0, 0.05) is 34.5 Å². The number of amides is 1. The van der Waals surface area contributed by atoms with Gasteiger partial charge in [-0.3, -0.25) is 15.0 Å². The van der Waals surface area contributed by atoms with Crippen molar-refractivity contribution in [3.05, 3.63) is 78.1 Å². The Morgan fingerprint density at radius 1 is 0.958 bits per heavy atom. The van der Waals surface area contributed by atoms with Crippen molar-refractivity contribution in [1.29, 1.82) is 0 Å². The highest BCUT2D eigenvalue weighted by Gasteiger charge is 2.11. The maximum atomic E-state index is 11.4. The van der Waals surface area contributed by atoms with Crippen LogP contribution in [0, 0.1) is 0 Å². The Balaban J connectivity index is 1.80. The lowest BCUT2D eigenvalue weighted by molar-refractivity contribution is 0.0700. The van der Waals surface area contributed by atoms with Gasteiger partial charge in [0.05, 0.1) is 0 Å². The first-order chi connectivity index (χ1) is 11.8. The van der Waals surface area contributed by atoms with E-state index in [1.54, 1.807) is 17.7 Å². The minimum absolute atomic E-state index is 0.184. The van der Waals surface area contributed by atoms with Gasteiger partial charge in [-0.1, -0.05) is 42.5 Å². The third-order valence-corrected chi connectivity index (χ3v) is 4.18. The van der Waals surface area contributed by atoms with Gasteiger partial charge < -0.3 is 4.57 Å². The third kappa shape index (κ3) is 2.31. The largest absolute Gasteiger partial charge is 0.336 e. The predicted octanol–water partition coefficient (Wildman–Crippen LogP) is 3.36. The highest BCUT2D eigenvalue weighted by molar-refractivity contribution is 6.08. The van der Waals surface area contributed by atoms with Gasteiger partial charge in [-0.15, -0.1) is 0 Å². The molecule has 0 unspecified atom stereocenters. The van der Waals surface area contributed by atoms with Gasteiger partial charge in [0.25, 0.3) is 5.91 Å². The van der Waals surface area contributed by atoms with Gasteiger partial charge in [0.15, 0.2) is 0 Å². The minimum atomic E-state index is -0.613. The molecule has 2 aromatic heterocycles. The van der Waals surface area contributed by atoms with Crippen LogP contribution in [0.3, 0.4) is 0 Å². The standard InChI is InChI=1S/C19H15N3O2/c23-19(21-24)16-10-9-13(11-20-16)12-22-17-7-3-1-5-14(17)15-6-2-4-8-18(15)22/h1-11,24H,12H2,(H,21,23). The Kier molecular flexibility index (Phi) is 3.48. The number of pyridine rings is 1. The zero-order chi connectivity index (χ0) is 16.5. The molecule has 0 spiro atoms. The van der Waals surface area contributed by atoms with Crippen molar-refractivity contribution in [3.8, 4) is 0 Å². The number of rotatable bonds is 3. The first kappa shape index (κ1) is 14.4. The summed E-state index contributed by atoms with van der Waals surface area (Å²) >= 11 is 0. The number of carbonyl (C=O) groups excluding carboxylic acids is 1. The average molecular weight is 317 g/mol. The molecule has 0 saturated carbocycles. The number of aromatic nitrogens is 2. The fraction of sp³-hybridized carbons (Fsp3) is 0.0526. The van der Waals surface area contributed by atoms with Gasteiger partial charge in [0.2, 0.25) is 0 Å². The number of nitrogens with one attached hydrogen (secondary N) is 1. The lowest BCUT2D eigenvalue weighted by Crippen LogP contribution is -2.19. The molecule has 5 nitrogen and oxygen atoms in total. The van der Waals surface area contributed by atoms with Crippen molar-refractivity contribution in [3.63, 3.8) is 0 Å². The van der Waals surface area contributed by atoms with E-state index >= 15 is 0 Å². The van der Waals surface area contributed by atoms with E-state index in [1.807, 2.05) is 30.3 Å². The van der Waals surface area contributed by atoms with Crippen LogP contribution in [0.15, 0.2) is 66.9 Å². The molecule has 24 heavy (non-hydrogen) atoms. The van der Waals surface area contributed by atoms with Gasteiger partial charge in [0.1, 0.15) is 5.69 Å². The molecule has 0 atom stereocenters. The highest BCUT2D eigenvalue weighted by atomic mass is 16.5. The summed E-state index contributed by atoms with van der Waals surface area (Å²) in [6.45, 7) is 0.655. The average Bonchev–Trinajstić information content (AvgIpc) is 2.96. The molecular formula is C19H15N3O2. The van der Waals surface area contributed by atoms with Crippen LogP contribution < -0.4 is 5.48 Å². The van der Waals surface area contributed by atoms with E-state index in [0.717, 1.165) is 16.6 Å². The number of nitrogens with zero attached hydrogens (tertiary/aromatic N) is 2. The molecule has 118 valence electrons. The quantitative estimate of drug-likeness (QED) is 0.450. The van der Waals surface area contributed by atoms with Gasteiger partial charge in [-0.05, 0) is 23.8 Å². The summed E-state index contributed by atoms with van der Waals surface area (Å²) in [7, 11) is 0. The van der Waals surface area contributed by atoms with Crippen LogP contribution in [0.1, 0.15) is 16.1 Å². The van der Waals surface area contributed by atoms with Crippen LogP contribution in [0.4, 0.5) is 0 Å². The third-order valence-electron chi connectivity index (χ3n) is 4.18. The molecule has 4 rings (SSSR count). The number of hydrogen-bond acceptors (Lipinski definition) is 3. The van der Waals surface area contributed by atoms with Crippen molar-refractivity contribution in [1.82, 2.24) is 15.0 Å². The molecule has 2 aromatic carbocycles. The Bertz CT molecular complexity index is 982. The fourth-order valence-electron chi connectivity index (χ4n) is 3.07. The zero-order valence-corrected chi connectivity index (χ0v) is 12.8. The van der Waals surface area contributed by atoms with Crippen LogP contribution in [0.2, 0.25) is 0 Å². The smallest absolute Gasteiger partial charge is 0.293 e. The van der Waals surface area contributed by atoms with E-state index in [4.69, 9.17) is 5.21 Å². The lowest BCUT2D eigenvalue weighted by Gasteiger charge is -2.08. The summed E-state index contributed by atoms with van der Waals surface area (Å²) in [6, 6.07) is 20.1. The van der Waals surface area contributed by atoms with Crippen LogP contribution in [-0.4, -0.2) is 20.7 Å². The van der Waals surface area contributed by atoms with Crippen LogP contribution in [0.25, 0.3) is 21.8 Å². The summed E-state index contributed by atoms with van der Waals surface area (Å²) in [5.74, 6) is -0.613. The second kappa shape index (κ2) is 5.79. The van der Waals surface area contributed by atoms with Gasteiger partial charge in [-0.25, -0.2) is 5.48 Å².